The molecule has 0 spiro atoms. The summed E-state index contributed by atoms with van der Waals surface area (Å²) in [6.45, 7) is 4.23. The zero-order chi connectivity index (χ0) is 13.9. The zero-order valence-electron chi connectivity index (χ0n) is 11.9. The van der Waals surface area contributed by atoms with Gasteiger partial charge in [-0.25, -0.2) is 0 Å². The Morgan fingerprint density at radius 3 is 0.773 bits per heavy atom. The van der Waals surface area contributed by atoms with Gasteiger partial charge in [0.15, 0.2) is 0 Å². The Morgan fingerprint density at radius 2 is 0.545 bits per heavy atom. The minimum Gasteiger partial charge on any atom is -0.0776 e. The zero-order valence-corrected chi connectivity index (χ0v) is 11.9. The molecule has 0 heteroatoms. The fourth-order valence-electron chi connectivity index (χ4n) is 2.35. The summed E-state index contributed by atoms with van der Waals surface area (Å²) in [4.78, 5) is 0. The van der Waals surface area contributed by atoms with Gasteiger partial charge in [0.2, 0.25) is 0 Å². The van der Waals surface area contributed by atoms with Gasteiger partial charge < -0.3 is 0 Å². The standard InChI is InChI=1S/C20H18.2CH4/c1-15-3-7-17(8-4-15)19-11-13-20(14-12-19)18-9-5-16(2)6-10-18;;/h3-14H,1-2H3;2*1H4. The van der Waals surface area contributed by atoms with E-state index in [1.165, 1.54) is 33.4 Å². The van der Waals surface area contributed by atoms with Crippen molar-refractivity contribution in [2.45, 2.75) is 28.7 Å². The first-order chi connectivity index (χ1) is 9.72. The summed E-state index contributed by atoms with van der Waals surface area (Å²) in [5.74, 6) is 0. The fourth-order valence-corrected chi connectivity index (χ4v) is 2.35. The lowest BCUT2D eigenvalue weighted by Gasteiger charge is -2.06. The molecule has 0 aliphatic heterocycles. The van der Waals surface area contributed by atoms with Crippen molar-refractivity contribution < 1.29 is 0 Å². The molecule has 114 valence electrons. The molecule has 3 aromatic rings. The normalized spacial score (nSPS) is 9.55. The molecule has 0 bridgehead atoms. The third kappa shape index (κ3) is 3.85. The van der Waals surface area contributed by atoms with Crippen LogP contribution in [0.25, 0.3) is 22.3 Å². The lowest BCUT2D eigenvalue weighted by molar-refractivity contribution is 1.46. The van der Waals surface area contributed by atoms with E-state index in [0.29, 0.717) is 0 Å². The Bertz CT molecular complexity index is 622. The summed E-state index contributed by atoms with van der Waals surface area (Å²) in [5, 5.41) is 0. The molecule has 0 atom stereocenters. The Morgan fingerprint density at radius 1 is 0.364 bits per heavy atom. The van der Waals surface area contributed by atoms with E-state index in [4.69, 9.17) is 0 Å². The second-order valence-corrected chi connectivity index (χ2v) is 5.31. The fraction of sp³-hybridized carbons (Fsp3) is 0.182. The smallest absolute Gasteiger partial charge is 0.0184 e. The Labute approximate surface area is 135 Å². The highest BCUT2D eigenvalue weighted by Crippen LogP contribution is 2.25. The van der Waals surface area contributed by atoms with Crippen molar-refractivity contribution in [2.75, 3.05) is 0 Å². The molecule has 3 aromatic carbocycles. The van der Waals surface area contributed by atoms with Gasteiger partial charge in [0.05, 0.1) is 0 Å². The molecule has 0 radical (unpaired) electrons. The van der Waals surface area contributed by atoms with Gasteiger partial charge in [-0.2, -0.15) is 0 Å². The van der Waals surface area contributed by atoms with E-state index < -0.39 is 0 Å². The lowest BCUT2D eigenvalue weighted by atomic mass is 9.99. The molecular formula is C22H26. The van der Waals surface area contributed by atoms with Crippen LogP contribution in [-0.2, 0) is 0 Å². The molecule has 3 rings (SSSR count). The van der Waals surface area contributed by atoms with Crippen molar-refractivity contribution in [3.63, 3.8) is 0 Å². The van der Waals surface area contributed by atoms with Crippen molar-refractivity contribution in [1.82, 2.24) is 0 Å². The third-order valence-electron chi connectivity index (χ3n) is 3.65. The maximum absolute atomic E-state index is 2.19. The summed E-state index contributed by atoms with van der Waals surface area (Å²) >= 11 is 0. The van der Waals surface area contributed by atoms with Crippen molar-refractivity contribution >= 4 is 0 Å². The van der Waals surface area contributed by atoms with Gasteiger partial charge >= 0.3 is 0 Å². The van der Waals surface area contributed by atoms with E-state index in [9.17, 15) is 0 Å². The monoisotopic (exact) mass is 290 g/mol. The van der Waals surface area contributed by atoms with E-state index in [2.05, 4.69) is 86.6 Å². The van der Waals surface area contributed by atoms with Gasteiger partial charge in [0, 0.05) is 0 Å². The molecule has 0 N–H and O–H groups in total. The summed E-state index contributed by atoms with van der Waals surface area (Å²) in [6, 6.07) is 26.1. The molecule has 0 saturated heterocycles. The Kier molecular flexibility index (Phi) is 6.12. The summed E-state index contributed by atoms with van der Waals surface area (Å²) in [6.07, 6.45) is 0. The number of hydrogen-bond donors (Lipinski definition) is 0. The van der Waals surface area contributed by atoms with Crippen LogP contribution in [0, 0.1) is 13.8 Å². The Balaban J connectivity index is 0.00000121. The molecule has 0 heterocycles. The van der Waals surface area contributed by atoms with Crippen LogP contribution >= 0.6 is 0 Å². The molecule has 0 unspecified atom stereocenters. The highest BCUT2D eigenvalue weighted by atomic mass is 14.0. The van der Waals surface area contributed by atoms with Crippen LogP contribution < -0.4 is 0 Å². The van der Waals surface area contributed by atoms with E-state index in [-0.39, 0.29) is 14.9 Å². The van der Waals surface area contributed by atoms with Gasteiger partial charge in [0.1, 0.15) is 0 Å². The SMILES string of the molecule is C.C.Cc1ccc(-c2ccc(-c3ccc(C)cc3)cc2)cc1. The number of aryl methyl sites for hydroxylation is 2. The number of benzene rings is 3. The molecule has 0 aromatic heterocycles. The molecule has 0 saturated carbocycles. The average molecular weight is 290 g/mol. The predicted molar refractivity (Wildman–Crippen MR) is 100 cm³/mol. The van der Waals surface area contributed by atoms with Crippen LogP contribution in [0.1, 0.15) is 26.0 Å². The van der Waals surface area contributed by atoms with Gasteiger partial charge in [0.25, 0.3) is 0 Å². The predicted octanol–water partition coefficient (Wildman–Crippen LogP) is 6.91. The number of rotatable bonds is 2. The first kappa shape index (κ1) is 17.7. The van der Waals surface area contributed by atoms with E-state index in [1.54, 1.807) is 0 Å². The molecule has 22 heavy (non-hydrogen) atoms. The van der Waals surface area contributed by atoms with Gasteiger partial charge in [-0.05, 0) is 36.1 Å². The molecule has 0 nitrogen and oxygen atoms in total. The van der Waals surface area contributed by atoms with Gasteiger partial charge in [-0.15, -0.1) is 0 Å². The van der Waals surface area contributed by atoms with Crippen LogP contribution in [0.3, 0.4) is 0 Å². The van der Waals surface area contributed by atoms with E-state index >= 15 is 0 Å². The molecule has 0 aliphatic rings. The summed E-state index contributed by atoms with van der Waals surface area (Å²) in [7, 11) is 0. The van der Waals surface area contributed by atoms with Crippen molar-refractivity contribution in [3.05, 3.63) is 83.9 Å². The third-order valence-corrected chi connectivity index (χ3v) is 3.65. The first-order valence-electron chi connectivity index (χ1n) is 6.96. The van der Waals surface area contributed by atoms with Crippen molar-refractivity contribution in [3.8, 4) is 22.3 Å². The minimum atomic E-state index is 0. The van der Waals surface area contributed by atoms with E-state index in [1.807, 2.05) is 0 Å². The first-order valence-corrected chi connectivity index (χ1v) is 6.96. The minimum absolute atomic E-state index is 0. The Hall–Kier alpha value is -2.34. The van der Waals surface area contributed by atoms with Gasteiger partial charge in [-0.3, -0.25) is 0 Å². The summed E-state index contributed by atoms with van der Waals surface area (Å²) in [5.41, 5.74) is 7.66. The number of hydrogen-bond acceptors (Lipinski definition) is 0. The molecule has 0 fully saturated rings. The maximum Gasteiger partial charge on any atom is -0.0184 e. The average Bonchev–Trinajstić information content (AvgIpc) is 2.49. The van der Waals surface area contributed by atoms with Crippen LogP contribution in [-0.4, -0.2) is 0 Å². The van der Waals surface area contributed by atoms with Crippen LogP contribution in [0.4, 0.5) is 0 Å². The highest BCUT2D eigenvalue weighted by molar-refractivity contribution is 5.70. The summed E-state index contributed by atoms with van der Waals surface area (Å²) < 4.78 is 0. The molecular weight excluding hydrogens is 264 g/mol. The van der Waals surface area contributed by atoms with Gasteiger partial charge in [-0.1, -0.05) is 98.8 Å². The van der Waals surface area contributed by atoms with Crippen molar-refractivity contribution in [2.24, 2.45) is 0 Å². The van der Waals surface area contributed by atoms with Crippen LogP contribution in [0.2, 0.25) is 0 Å². The second-order valence-electron chi connectivity index (χ2n) is 5.31. The van der Waals surface area contributed by atoms with Crippen LogP contribution in [0.15, 0.2) is 72.8 Å². The quantitative estimate of drug-likeness (QED) is 0.481. The topological polar surface area (TPSA) is 0 Å². The molecule has 0 amide bonds. The molecule has 0 aliphatic carbocycles. The maximum atomic E-state index is 2.19. The van der Waals surface area contributed by atoms with Crippen LogP contribution in [0.5, 0.6) is 0 Å². The van der Waals surface area contributed by atoms with E-state index in [0.717, 1.165) is 0 Å². The largest absolute Gasteiger partial charge is 0.0776 e. The second kappa shape index (κ2) is 7.61. The van der Waals surface area contributed by atoms with Crippen molar-refractivity contribution in [1.29, 1.82) is 0 Å². The lowest BCUT2D eigenvalue weighted by Crippen LogP contribution is -1.81. The highest BCUT2D eigenvalue weighted by Gasteiger charge is 2.00.